The first kappa shape index (κ1) is 18.0. The molecule has 0 saturated carbocycles. The molecule has 0 fully saturated rings. The van der Waals surface area contributed by atoms with E-state index in [4.69, 9.17) is 16.3 Å². The smallest absolute Gasteiger partial charge is 0.337 e. The molecule has 0 bridgehead atoms. The maximum absolute atomic E-state index is 12.6. The molecule has 1 N–H and O–H groups in total. The predicted octanol–water partition coefficient (Wildman–Crippen LogP) is 4.06. The van der Waals surface area contributed by atoms with Crippen LogP contribution in [0.25, 0.3) is 11.0 Å². The zero-order chi connectivity index (χ0) is 20.0. The molecule has 0 radical (unpaired) electrons. The number of hydrogen-bond acceptors (Lipinski definition) is 6. The molecule has 28 heavy (non-hydrogen) atoms. The normalized spacial score (nSPS) is 15.9. The topological polar surface area (TPSA) is 99.3 Å². The van der Waals surface area contributed by atoms with Crippen LogP contribution in [0.1, 0.15) is 18.5 Å². The molecule has 1 aliphatic rings. The van der Waals surface area contributed by atoms with Crippen LogP contribution >= 0.6 is 11.6 Å². The number of ether oxygens (including phenoxy) is 1. The van der Waals surface area contributed by atoms with E-state index in [0.717, 1.165) is 11.0 Å². The van der Waals surface area contributed by atoms with E-state index in [1.54, 1.807) is 11.5 Å². The summed E-state index contributed by atoms with van der Waals surface area (Å²) in [5, 5.41) is 14.7. The van der Waals surface area contributed by atoms with Crippen molar-refractivity contribution in [2.45, 2.75) is 13.0 Å². The second-order valence-corrected chi connectivity index (χ2v) is 6.72. The van der Waals surface area contributed by atoms with E-state index in [1.165, 1.54) is 25.3 Å². The third-order valence-electron chi connectivity index (χ3n) is 4.72. The summed E-state index contributed by atoms with van der Waals surface area (Å²) < 4.78 is 6.79. The monoisotopic (exact) mass is 398 g/mol. The number of nitrogens with one attached hydrogen (secondary N) is 1. The van der Waals surface area contributed by atoms with Crippen molar-refractivity contribution >= 4 is 40.2 Å². The fourth-order valence-electron chi connectivity index (χ4n) is 3.49. The average Bonchev–Trinajstić information content (AvgIpc) is 3.04. The number of benzene rings is 2. The van der Waals surface area contributed by atoms with E-state index >= 15 is 0 Å². The van der Waals surface area contributed by atoms with E-state index in [-0.39, 0.29) is 5.69 Å². The lowest BCUT2D eigenvalue weighted by Gasteiger charge is -2.30. The minimum absolute atomic E-state index is 0.120. The van der Waals surface area contributed by atoms with E-state index in [0.29, 0.717) is 27.8 Å². The van der Waals surface area contributed by atoms with Crippen LogP contribution in [-0.4, -0.2) is 27.6 Å². The SMILES string of the molecule is COC(=O)C1=C(C)Nc2nc3ccccc3n2[C@H]1c1cc([N+](=O)[O-])ccc1Cl. The minimum Gasteiger partial charge on any atom is -0.466 e. The van der Waals surface area contributed by atoms with Crippen LogP contribution in [0, 0.1) is 10.1 Å². The quantitative estimate of drug-likeness (QED) is 0.405. The van der Waals surface area contributed by atoms with Crippen LogP contribution in [0.2, 0.25) is 5.02 Å². The number of rotatable bonds is 3. The first-order chi connectivity index (χ1) is 13.4. The third kappa shape index (κ3) is 2.69. The lowest BCUT2D eigenvalue weighted by atomic mass is 9.94. The van der Waals surface area contributed by atoms with Crippen molar-refractivity contribution in [3.63, 3.8) is 0 Å². The van der Waals surface area contributed by atoms with Crippen molar-refractivity contribution in [1.29, 1.82) is 0 Å². The number of para-hydroxylation sites is 2. The summed E-state index contributed by atoms with van der Waals surface area (Å²) in [4.78, 5) is 28.0. The molecule has 0 amide bonds. The van der Waals surface area contributed by atoms with Crippen LogP contribution in [0.4, 0.5) is 11.6 Å². The number of nitro groups is 1. The highest BCUT2D eigenvalue weighted by Gasteiger charge is 2.36. The lowest BCUT2D eigenvalue weighted by molar-refractivity contribution is -0.384. The number of carbonyl (C=O) groups excluding carboxylic acids is 1. The van der Waals surface area contributed by atoms with Gasteiger partial charge in [0, 0.05) is 28.4 Å². The molecule has 142 valence electrons. The number of halogens is 1. The first-order valence-corrected chi connectivity index (χ1v) is 8.77. The van der Waals surface area contributed by atoms with Crippen molar-refractivity contribution in [2.24, 2.45) is 0 Å². The Kier molecular flexibility index (Phi) is 4.27. The molecule has 0 saturated heterocycles. The van der Waals surface area contributed by atoms with Gasteiger partial charge >= 0.3 is 5.97 Å². The summed E-state index contributed by atoms with van der Waals surface area (Å²) in [5.41, 5.74) is 2.62. The van der Waals surface area contributed by atoms with Gasteiger partial charge in [-0.15, -0.1) is 0 Å². The van der Waals surface area contributed by atoms with Gasteiger partial charge in [-0.3, -0.25) is 14.7 Å². The second kappa shape index (κ2) is 6.65. The molecule has 0 unspecified atom stereocenters. The van der Waals surface area contributed by atoms with Crippen LogP contribution in [0.15, 0.2) is 53.7 Å². The average molecular weight is 399 g/mol. The van der Waals surface area contributed by atoms with Gasteiger partial charge in [-0.1, -0.05) is 23.7 Å². The molecule has 0 spiro atoms. The molecule has 3 aromatic rings. The number of nitro benzene ring substituents is 1. The minimum atomic E-state index is -0.733. The van der Waals surface area contributed by atoms with Gasteiger partial charge in [0.1, 0.15) is 0 Å². The molecule has 2 aromatic carbocycles. The Morgan fingerprint density at radius 2 is 2.07 bits per heavy atom. The zero-order valence-corrected chi connectivity index (χ0v) is 15.7. The van der Waals surface area contributed by atoms with Crippen molar-refractivity contribution in [1.82, 2.24) is 9.55 Å². The standard InChI is InChI=1S/C19H15ClN4O4/c1-10-16(18(25)28-2)17(12-9-11(24(26)27)7-8-13(12)20)23-15-6-4-3-5-14(15)22-19(23)21-10/h3-9,17H,1-2H3,(H,21,22)/t17-/m0/s1. The molecule has 9 heteroatoms. The van der Waals surface area contributed by atoms with Gasteiger partial charge in [-0.25, -0.2) is 9.78 Å². The maximum Gasteiger partial charge on any atom is 0.337 e. The number of non-ortho nitro benzene ring substituents is 1. The van der Waals surface area contributed by atoms with Gasteiger partial charge < -0.3 is 10.1 Å². The Bertz CT molecular complexity index is 1170. The van der Waals surface area contributed by atoms with Gasteiger partial charge in [0.05, 0.1) is 34.7 Å². The molecule has 1 atom stereocenters. The Hall–Kier alpha value is -3.39. The Labute approximate surface area is 164 Å². The first-order valence-electron chi connectivity index (χ1n) is 8.39. The highest BCUT2D eigenvalue weighted by molar-refractivity contribution is 6.31. The fraction of sp³-hybridized carbons (Fsp3) is 0.158. The van der Waals surface area contributed by atoms with Crippen molar-refractivity contribution in [2.75, 3.05) is 12.4 Å². The van der Waals surface area contributed by atoms with Gasteiger partial charge in [0.25, 0.3) is 5.69 Å². The summed E-state index contributed by atoms with van der Waals surface area (Å²) in [5.74, 6) is -0.0417. The van der Waals surface area contributed by atoms with Gasteiger partial charge in [-0.2, -0.15) is 0 Å². The highest BCUT2D eigenvalue weighted by Crippen LogP contribution is 2.42. The molecular formula is C19H15ClN4O4. The summed E-state index contributed by atoms with van der Waals surface area (Å²) >= 11 is 6.43. The van der Waals surface area contributed by atoms with Gasteiger partial charge in [0.2, 0.25) is 5.95 Å². The Balaban J connectivity index is 2.06. The number of nitrogens with zero attached hydrogens (tertiary/aromatic N) is 3. The van der Waals surface area contributed by atoms with Crippen LogP contribution in [0.3, 0.4) is 0 Å². The van der Waals surface area contributed by atoms with E-state index in [1.807, 2.05) is 24.3 Å². The zero-order valence-electron chi connectivity index (χ0n) is 15.0. The highest BCUT2D eigenvalue weighted by atomic mass is 35.5. The predicted molar refractivity (Wildman–Crippen MR) is 104 cm³/mol. The van der Waals surface area contributed by atoms with Crippen LogP contribution < -0.4 is 5.32 Å². The Morgan fingerprint density at radius 3 is 2.79 bits per heavy atom. The molecule has 4 rings (SSSR count). The summed E-state index contributed by atoms with van der Waals surface area (Å²) in [6.45, 7) is 1.73. The second-order valence-electron chi connectivity index (χ2n) is 6.31. The van der Waals surface area contributed by atoms with Crippen LogP contribution in [-0.2, 0) is 9.53 Å². The number of fused-ring (bicyclic) bond motifs is 3. The lowest BCUT2D eigenvalue weighted by Crippen LogP contribution is -2.28. The molecule has 0 aliphatic carbocycles. The molecule has 1 aromatic heterocycles. The Morgan fingerprint density at radius 1 is 1.32 bits per heavy atom. The third-order valence-corrected chi connectivity index (χ3v) is 5.07. The summed E-state index contributed by atoms with van der Waals surface area (Å²) in [7, 11) is 1.29. The molecule has 1 aliphatic heterocycles. The van der Waals surface area contributed by atoms with Crippen molar-refractivity contribution < 1.29 is 14.5 Å². The number of anilines is 1. The van der Waals surface area contributed by atoms with Crippen LogP contribution in [0.5, 0.6) is 0 Å². The van der Waals surface area contributed by atoms with Gasteiger partial charge in [0.15, 0.2) is 0 Å². The number of methoxy groups -OCH3 is 1. The van der Waals surface area contributed by atoms with E-state index in [9.17, 15) is 14.9 Å². The number of imidazole rings is 1. The largest absolute Gasteiger partial charge is 0.466 e. The number of carbonyl (C=O) groups is 1. The maximum atomic E-state index is 12.6. The molecule has 2 heterocycles. The van der Waals surface area contributed by atoms with Crippen molar-refractivity contribution in [3.8, 4) is 0 Å². The van der Waals surface area contributed by atoms with E-state index < -0.39 is 16.9 Å². The fourth-order valence-corrected chi connectivity index (χ4v) is 3.71. The number of aromatic nitrogens is 2. The summed E-state index contributed by atoms with van der Waals surface area (Å²) in [6, 6.07) is 10.9. The molecular weight excluding hydrogens is 384 g/mol. The number of hydrogen-bond donors (Lipinski definition) is 1. The molecule has 8 nitrogen and oxygen atoms in total. The van der Waals surface area contributed by atoms with E-state index in [2.05, 4.69) is 10.3 Å². The number of allylic oxidation sites excluding steroid dienone is 1. The van der Waals surface area contributed by atoms with Crippen molar-refractivity contribution in [3.05, 3.63) is 74.4 Å². The number of esters is 1. The summed E-state index contributed by atoms with van der Waals surface area (Å²) in [6.07, 6.45) is 0. The van der Waals surface area contributed by atoms with Gasteiger partial charge in [-0.05, 0) is 25.1 Å².